The number of benzene rings is 1. The average molecular weight is 640 g/mol. The fraction of sp³-hybridized carbons (Fsp3) is 0.455. The van der Waals surface area contributed by atoms with Gasteiger partial charge in [0.25, 0.3) is 5.91 Å². The molecule has 0 saturated heterocycles. The molecule has 13 heteroatoms. The number of hydrogen-bond donors (Lipinski definition) is 3. The maximum Gasteiger partial charge on any atom is 0.433 e. The summed E-state index contributed by atoms with van der Waals surface area (Å²) in [6.45, 7) is 4.25. The molecule has 3 aliphatic carbocycles. The highest BCUT2D eigenvalue weighted by Gasteiger charge is 2.35. The van der Waals surface area contributed by atoms with Crippen LogP contribution in [0.1, 0.15) is 73.9 Å². The molecule has 3 aliphatic rings. The third-order valence-electron chi connectivity index (χ3n) is 8.55. The molecule has 2 fully saturated rings. The van der Waals surface area contributed by atoms with E-state index < -0.39 is 23.8 Å². The number of nitrogens with one attached hydrogen (secondary N) is 2. The fourth-order valence-corrected chi connectivity index (χ4v) is 5.72. The molecule has 2 amide bonds. The van der Waals surface area contributed by atoms with Crippen LogP contribution in [0.2, 0.25) is 0 Å². The van der Waals surface area contributed by atoms with Gasteiger partial charge < -0.3 is 30.3 Å². The van der Waals surface area contributed by atoms with Crippen molar-refractivity contribution >= 4 is 22.9 Å². The van der Waals surface area contributed by atoms with Gasteiger partial charge in [-0.05, 0) is 87.6 Å². The Labute approximate surface area is 263 Å². The van der Waals surface area contributed by atoms with E-state index in [1.54, 1.807) is 32.1 Å². The summed E-state index contributed by atoms with van der Waals surface area (Å²) in [7, 11) is 0. The molecule has 1 unspecified atom stereocenters. The molecule has 2 heterocycles. The zero-order valence-electron chi connectivity index (χ0n) is 25.5. The lowest BCUT2D eigenvalue weighted by Crippen LogP contribution is -2.42. The number of oxazole rings is 1. The highest BCUT2D eigenvalue weighted by Crippen LogP contribution is 2.39. The monoisotopic (exact) mass is 639 g/mol. The molecule has 2 saturated carbocycles. The Bertz CT molecular complexity index is 1690. The number of alkyl halides is 3. The Morgan fingerprint density at radius 2 is 1.87 bits per heavy atom. The van der Waals surface area contributed by atoms with E-state index in [9.17, 15) is 22.8 Å². The topological polar surface area (TPSA) is 142 Å². The summed E-state index contributed by atoms with van der Waals surface area (Å²) in [6, 6.07) is 4.74. The van der Waals surface area contributed by atoms with Gasteiger partial charge in [0, 0.05) is 23.5 Å². The SMILES string of the molecule is CC(C)Oc1ccc(-c2nc(C(=O)NCC3CC(COC(=O)NC4CCC4)C3)c(C(N)C3=CC=C3)o2)c2ccc(C(F)(F)F)nc12. The Morgan fingerprint density at radius 1 is 1.11 bits per heavy atom. The van der Waals surface area contributed by atoms with E-state index in [2.05, 4.69) is 20.6 Å². The number of nitrogens with zero attached hydrogens (tertiary/aromatic N) is 2. The summed E-state index contributed by atoms with van der Waals surface area (Å²) in [6.07, 6.45) is 4.76. The van der Waals surface area contributed by atoms with E-state index in [1.807, 2.05) is 6.08 Å². The first kappa shape index (κ1) is 31.6. The van der Waals surface area contributed by atoms with Crippen LogP contribution in [0.4, 0.5) is 18.0 Å². The molecule has 2 aromatic heterocycles. The molecule has 10 nitrogen and oxygen atoms in total. The van der Waals surface area contributed by atoms with Gasteiger partial charge in [0.15, 0.2) is 11.5 Å². The number of carbonyl (C=O) groups is 2. The van der Waals surface area contributed by atoms with Crippen molar-refractivity contribution in [1.29, 1.82) is 0 Å². The Balaban J connectivity index is 1.19. The van der Waals surface area contributed by atoms with Crippen LogP contribution in [0.15, 0.2) is 52.5 Å². The quantitative estimate of drug-likeness (QED) is 0.224. The molecule has 4 N–H and O–H groups in total. The lowest BCUT2D eigenvalue weighted by molar-refractivity contribution is -0.140. The van der Waals surface area contributed by atoms with E-state index in [-0.39, 0.29) is 58.7 Å². The highest BCUT2D eigenvalue weighted by atomic mass is 19.4. The van der Waals surface area contributed by atoms with Crippen molar-refractivity contribution in [3.8, 4) is 17.2 Å². The number of alkyl carbamates (subject to hydrolysis) is 1. The van der Waals surface area contributed by atoms with E-state index in [0.29, 0.717) is 24.1 Å². The molecule has 1 aromatic carbocycles. The first-order chi connectivity index (χ1) is 22.0. The van der Waals surface area contributed by atoms with Crippen molar-refractivity contribution < 1.29 is 36.7 Å². The van der Waals surface area contributed by atoms with Crippen LogP contribution in [-0.2, 0) is 10.9 Å². The zero-order chi connectivity index (χ0) is 32.6. The molecule has 0 bridgehead atoms. The summed E-state index contributed by atoms with van der Waals surface area (Å²) in [5.41, 5.74) is 6.46. The number of amides is 2. The van der Waals surface area contributed by atoms with Crippen LogP contribution in [0.25, 0.3) is 22.4 Å². The van der Waals surface area contributed by atoms with Gasteiger partial charge in [0.2, 0.25) is 5.89 Å². The molecule has 6 rings (SSSR count). The predicted octanol–water partition coefficient (Wildman–Crippen LogP) is 6.23. The van der Waals surface area contributed by atoms with E-state index in [0.717, 1.165) is 43.7 Å². The van der Waals surface area contributed by atoms with Gasteiger partial charge >= 0.3 is 12.3 Å². The summed E-state index contributed by atoms with van der Waals surface area (Å²) in [5.74, 6) is 0.287. The van der Waals surface area contributed by atoms with Crippen LogP contribution in [0.5, 0.6) is 5.75 Å². The van der Waals surface area contributed by atoms with E-state index in [4.69, 9.17) is 19.6 Å². The largest absolute Gasteiger partial charge is 0.489 e. The number of allylic oxidation sites excluding steroid dienone is 2. The first-order valence-electron chi connectivity index (χ1n) is 15.5. The van der Waals surface area contributed by atoms with Crippen molar-refractivity contribution in [2.45, 2.75) is 70.3 Å². The standard InChI is InChI=1S/C33H36F3N5O5/c1-17(2)45-24-11-9-23(22-10-12-25(33(34,35)36)40-27(22)24)31-41-28(29(46-31)26(37)20-5-3-6-20)30(42)38-15-18-13-19(14-18)16-44-32(43)39-21-7-4-8-21/h3,5-6,9-12,17-19,21,26H,4,7-8,13-16,37H2,1-2H3,(H,38,42)(H,39,43). The van der Waals surface area contributed by atoms with Crippen molar-refractivity contribution in [2.75, 3.05) is 13.2 Å². The Kier molecular flexibility index (Phi) is 8.78. The predicted molar refractivity (Wildman–Crippen MR) is 163 cm³/mol. The average Bonchev–Trinajstić information content (AvgIpc) is 3.37. The molecule has 3 aromatic rings. The number of rotatable bonds is 11. The number of hydrogen-bond acceptors (Lipinski definition) is 8. The minimum atomic E-state index is -4.66. The molecule has 1 atom stereocenters. The van der Waals surface area contributed by atoms with E-state index in [1.165, 1.54) is 12.1 Å². The van der Waals surface area contributed by atoms with Gasteiger partial charge in [-0.3, -0.25) is 4.79 Å². The lowest BCUT2D eigenvalue weighted by atomic mass is 9.75. The molecule has 46 heavy (non-hydrogen) atoms. The van der Waals surface area contributed by atoms with Crippen molar-refractivity contribution in [2.24, 2.45) is 17.6 Å². The number of ether oxygens (including phenoxy) is 2. The van der Waals surface area contributed by atoms with Gasteiger partial charge in [0.05, 0.1) is 18.8 Å². The second kappa shape index (κ2) is 12.8. The molecule has 0 spiro atoms. The lowest BCUT2D eigenvalue weighted by Gasteiger charge is -2.35. The van der Waals surface area contributed by atoms with Crippen LogP contribution in [-0.4, -0.2) is 47.3 Å². The van der Waals surface area contributed by atoms with Gasteiger partial charge in [-0.1, -0.05) is 18.2 Å². The maximum atomic E-state index is 13.6. The number of halogens is 3. The van der Waals surface area contributed by atoms with Crippen molar-refractivity contribution in [1.82, 2.24) is 20.6 Å². The molecular weight excluding hydrogens is 603 g/mol. The Hall–Kier alpha value is -4.39. The van der Waals surface area contributed by atoms with Crippen LogP contribution in [0.3, 0.4) is 0 Å². The molecule has 244 valence electrons. The minimum absolute atomic E-state index is 0.00824. The first-order valence-corrected chi connectivity index (χ1v) is 15.5. The molecular formula is C33H36F3N5O5. The van der Waals surface area contributed by atoms with Gasteiger partial charge in [-0.25, -0.2) is 14.8 Å². The van der Waals surface area contributed by atoms with Crippen LogP contribution >= 0.6 is 0 Å². The second-order valence-electron chi connectivity index (χ2n) is 12.4. The van der Waals surface area contributed by atoms with Crippen molar-refractivity contribution in [3.63, 3.8) is 0 Å². The molecule has 0 radical (unpaired) electrons. The van der Waals surface area contributed by atoms with Gasteiger partial charge in [-0.2, -0.15) is 13.2 Å². The van der Waals surface area contributed by atoms with Gasteiger partial charge in [-0.15, -0.1) is 0 Å². The summed E-state index contributed by atoms with van der Waals surface area (Å²) in [4.78, 5) is 33.8. The highest BCUT2D eigenvalue weighted by molar-refractivity contribution is 5.98. The van der Waals surface area contributed by atoms with E-state index >= 15 is 0 Å². The summed E-state index contributed by atoms with van der Waals surface area (Å²) < 4.78 is 57.9. The number of pyridine rings is 1. The van der Waals surface area contributed by atoms with Crippen LogP contribution < -0.4 is 21.1 Å². The van der Waals surface area contributed by atoms with Crippen LogP contribution in [0, 0.1) is 11.8 Å². The number of carbonyl (C=O) groups excluding carboxylic acids is 2. The summed E-state index contributed by atoms with van der Waals surface area (Å²) in [5, 5.41) is 6.09. The number of fused-ring (bicyclic) bond motifs is 1. The summed E-state index contributed by atoms with van der Waals surface area (Å²) >= 11 is 0. The zero-order valence-corrected chi connectivity index (χ0v) is 25.5. The van der Waals surface area contributed by atoms with Crippen molar-refractivity contribution in [3.05, 3.63) is 65.2 Å². The maximum absolute atomic E-state index is 13.6. The Morgan fingerprint density at radius 3 is 2.50 bits per heavy atom. The van der Waals surface area contributed by atoms with Gasteiger partial charge in [0.1, 0.15) is 17.0 Å². The number of nitrogens with two attached hydrogens (primary N) is 1. The normalized spacial score (nSPS) is 19.9. The second-order valence-corrected chi connectivity index (χ2v) is 12.4. The third-order valence-corrected chi connectivity index (χ3v) is 8.55. The minimum Gasteiger partial charge on any atom is -0.489 e. The third kappa shape index (κ3) is 6.74. The number of aromatic nitrogens is 2. The fourth-order valence-electron chi connectivity index (χ4n) is 5.72. The smallest absolute Gasteiger partial charge is 0.433 e. The molecule has 0 aliphatic heterocycles.